The highest BCUT2D eigenvalue weighted by molar-refractivity contribution is 5.89. The van der Waals surface area contributed by atoms with Gasteiger partial charge in [0.1, 0.15) is 12.4 Å². The quantitative estimate of drug-likeness (QED) is 0.514. The fourth-order valence-electron chi connectivity index (χ4n) is 3.25. The van der Waals surface area contributed by atoms with E-state index in [4.69, 9.17) is 9.84 Å². The maximum atomic E-state index is 9.14. The van der Waals surface area contributed by atoms with Gasteiger partial charge in [-0.15, -0.1) is 0 Å². The number of benzene rings is 2. The lowest BCUT2D eigenvalue weighted by Gasteiger charge is -2.20. The lowest BCUT2D eigenvalue weighted by Crippen LogP contribution is -2.38. The molecule has 0 unspecified atom stereocenters. The van der Waals surface area contributed by atoms with Crippen LogP contribution in [0.15, 0.2) is 48.5 Å². The van der Waals surface area contributed by atoms with E-state index in [0.717, 1.165) is 41.9 Å². The molecule has 0 aliphatic carbocycles. The Bertz CT molecular complexity index is 877. The van der Waals surface area contributed by atoms with Gasteiger partial charge < -0.3 is 20.1 Å². The zero-order valence-electron chi connectivity index (χ0n) is 16.5. The smallest absolute Gasteiger partial charge is 0.128 e. The molecule has 3 N–H and O–H groups in total. The minimum absolute atomic E-state index is 0.0883. The molecule has 0 saturated heterocycles. The van der Waals surface area contributed by atoms with Crippen LogP contribution in [0, 0.1) is 0 Å². The SMILES string of the molecule is CC(C)(C)NCCOc1ccccc1-c1cc2c(CCCO)cccc2[nH]1. The molecule has 0 spiro atoms. The van der Waals surface area contributed by atoms with E-state index in [9.17, 15) is 0 Å². The number of ether oxygens (including phenoxy) is 1. The third kappa shape index (κ3) is 5.12. The minimum Gasteiger partial charge on any atom is -0.492 e. The Hall–Kier alpha value is -2.30. The number of aryl methyl sites for hydroxylation is 1. The van der Waals surface area contributed by atoms with Gasteiger partial charge in [-0.05, 0) is 63.4 Å². The van der Waals surface area contributed by atoms with Gasteiger partial charge in [-0.3, -0.25) is 0 Å². The van der Waals surface area contributed by atoms with Crippen molar-refractivity contribution in [2.24, 2.45) is 0 Å². The summed E-state index contributed by atoms with van der Waals surface area (Å²) in [6, 6.07) is 16.6. The summed E-state index contributed by atoms with van der Waals surface area (Å²) in [5, 5.41) is 13.8. The van der Waals surface area contributed by atoms with Crippen LogP contribution in [-0.4, -0.2) is 35.4 Å². The van der Waals surface area contributed by atoms with Gasteiger partial charge in [-0.1, -0.05) is 24.3 Å². The molecule has 1 aromatic heterocycles. The number of hydrogen-bond acceptors (Lipinski definition) is 3. The molecule has 3 aromatic rings. The number of aliphatic hydroxyl groups is 1. The molecule has 2 aromatic carbocycles. The molecule has 4 heteroatoms. The van der Waals surface area contributed by atoms with E-state index < -0.39 is 0 Å². The van der Waals surface area contributed by atoms with E-state index in [1.54, 1.807) is 0 Å². The summed E-state index contributed by atoms with van der Waals surface area (Å²) in [6.45, 7) is 8.10. The Morgan fingerprint density at radius 2 is 1.89 bits per heavy atom. The zero-order chi connectivity index (χ0) is 19.3. The van der Waals surface area contributed by atoms with Crippen LogP contribution in [0.25, 0.3) is 22.2 Å². The minimum atomic E-state index is 0.0883. The van der Waals surface area contributed by atoms with E-state index in [0.29, 0.717) is 6.61 Å². The number of hydrogen-bond donors (Lipinski definition) is 3. The highest BCUT2D eigenvalue weighted by Gasteiger charge is 2.12. The van der Waals surface area contributed by atoms with Gasteiger partial charge in [0.15, 0.2) is 0 Å². The van der Waals surface area contributed by atoms with E-state index in [1.807, 2.05) is 18.2 Å². The predicted molar refractivity (Wildman–Crippen MR) is 112 cm³/mol. The normalized spacial score (nSPS) is 11.9. The molecule has 0 aliphatic rings. The lowest BCUT2D eigenvalue weighted by molar-refractivity contribution is 0.289. The van der Waals surface area contributed by atoms with E-state index >= 15 is 0 Å². The highest BCUT2D eigenvalue weighted by atomic mass is 16.5. The van der Waals surface area contributed by atoms with Gasteiger partial charge >= 0.3 is 0 Å². The molecule has 4 nitrogen and oxygen atoms in total. The second-order valence-electron chi connectivity index (χ2n) is 7.91. The number of aromatic nitrogens is 1. The van der Waals surface area contributed by atoms with E-state index in [1.165, 1.54) is 10.9 Å². The van der Waals surface area contributed by atoms with Crippen molar-refractivity contribution in [2.75, 3.05) is 19.8 Å². The van der Waals surface area contributed by atoms with Gasteiger partial charge in [-0.25, -0.2) is 0 Å². The lowest BCUT2D eigenvalue weighted by atomic mass is 10.0. The second-order valence-corrected chi connectivity index (χ2v) is 7.91. The highest BCUT2D eigenvalue weighted by Crippen LogP contribution is 2.33. The zero-order valence-corrected chi connectivity index (χ0v) is 16.5. The Labute approximate surface area is 161 Å². The monoisotopic (exact) mass is 366 g/mol. The largest absolute Gasteiger partial charge is 0.492 e. The Balaban J connectivity index is 1.82. The topological polar surface area (TPSA) is 57.3 Å². The van der Waals surface area contributed by atoms with Crippen molar-refractivity contribution in [2.45, 2.75) is 39.2 Å². The number of aliphatic hydroxyl groups excluding tert-OH is 1. The van der Waals surface area contributed by atoms with Crippen LogP contribution < -0.4 is 10.1 Å². The Kier molecular flexibility index (Phi) is 6.19. The number of nitrogens with one attached hydrogen (secondary N) is 2. The molecule has 0 fully saturated rings. The first-order valence-corrected chi connectivity index (χ1v) is 9.66. The maximum absolute atomic E-state index is 9.14. The molecule has 0 radical (unpaired) electrons. The molecular weight excluding hydrogens is 336 g/mol. The summed E-state index contributed by atoms with van der Waals surface area (Å²) in [5.74, 6) is 0.886. The van der Waals surface area contributed by atoms with Crippen molar-refractivity contribution in [1.29, 1.82) is 0 Å². The van der Waals surface area contributed by atoms with Crippen LogP contribution in [0.5, 0.6) is 5.75 Å². The van der Waals surface area contributed by atoms with E-state index in [-0.39, 0.29) is 12.1 Å². The molecule has 0 aliphatic heterocycles. The van der Waals surface area contributed by atoms with Gasteiger partial charge in [0, 0.05) is 35.2 Å². The van der Waals surface area contributed by atoms with Gasteiger partial charge in [0.25, 0.3) is 0 Å². The fourth-order valence-corrected chi connectivity index (χ4v) is 3.25. The van der Waals surface area contributed by atoms with Crippen LogP contribution in [0.2, 0.25) is 0 Å². The molecule has 0 bridgehead atoms. The average Bonchev–Trinajstić information content (AvgIpc) is 3.08. The Morgan fingerprint density at radius 1 is 1.07 bits per heavy atom. The molecule has 0 atom stereocenters. The summed E-state index contributed by atoms with van der Waals surface area (Å²) in [4.78, 5) is 3.53. The summed E-state index contributed by atoms with van der Waals surface area (Å²) >= 11 is 0. The summed E-state index contributed by atoms with van der Waals surface area (Å²) in [5.41, 5.74) is 4.59. The number of H-pyrrole nitrogens is 1. The van der Waals surface area contributed by atoms with Crippen molar-refractivity contribution in [3.05, 3.63) is 54.1 Å². The molecule has 0 saturated carbocycles. The van der Waals surface area contributed by atoms with Crippen molar-refractivity contribution < 1.29 is 9.84 Å². The molecule has 144 valence electrons. The Morgan fingerprint density at radius 3 is 2.67 bits per heavy atom. The molecular formula is C23H30N2O2. The number of aromatic amines is 1. The van der Waals surface area contributed by atoms with Crippen LogP contribution in [0.4, 0.5) is 0 Å². The number of rotatable bonds is 8. The standard InChI is InChI=1S/C23H30N2O2/c1-23(2,3)24-13-15-27-22-12-5-4-10-18(22)21-16-19-17(9-7-14-26)8-6-11-20(19)25-21/h4-6,8,10-12,16,24-26H,7,9,13-15H2,1-3H3. The van der Waals surface area contributed by atoms with Gasteiger partial charge in [0.2, 0.25) is 0 Å². The van der Waals surface area contributed by atoms with Crippen LogP contribution in [0.1, 0.15) is 32.8 Å². The van der Waals surface area contributed by atoms with Crippen molar-refractivity contribution in [1.82, 2.24) is 10.3 Å². The number of fused-ring (bicyclic) bond motifs is 1. The van der Waals surface area contributed by atoms with Crippen LogP contribution in [0.3, 0.4) is 0 Å². The van der Waals surface area contributed by atoms with Crippen LogP contribution >= 0.6 is 0 Å². The molecule has 3 rings (SSSR count). The summed E-state index contributed by atoms with van der Waals surface area (Å²) < 4.78 is 6.06. The van der Waals surface area contributed by atoms with Gasteiger partial charge in [-0.2, -0.15) is 0 Å². The van der Waals surface area contributed by atoms with Crippen molar-refractivity contribution >= 4 is 10.9 Å². The van der Waals surface area contributed by atoms with Crippen molar-refractivity contribution in [3.8, 4) is 17.0 Å². The first kappa shape index (κ1) is 19.5. The third-order valence-corrected chi connectivity index (χ3v) is 4.55. The van der Waals surface area contributed by atoms with Crippen LogP contribution in [-0.2, 0) is 6.42 Å². The summed E-state index contributed by atoms with van der Waals surface area (Å²) in [6.07, 6.45) is 1.65. The average molecular weight is 367 g/mol. The third-order valence-electron chi connectivity index (χ3n) is 4.55. The van der Waals surface area contributed by atoms with Crippen molar-refractivity contribution in [3.63, 3.8) is 0 Å². The molecule has 27 heavy (non-hydrogen) atoms. The van der Waals surface area contributed by atoms with Gasteiger partial charge in [0.05, 0.1) is 5.69 Å². The number of para-hydroxylation sites is 1. The summed E-state index contributed by atoms with van der Waals surface area (Å²) in [7, 11) is 0. The molecule has 1 heterocycles. The maximum Gasteiger partial charge on any atom is 0.128 e. The van der Waals surface area contributed by atoms with E-state index in [2.05, 4.69) is 61.4 Å². The predicted octanol–water partition coefficient (Wildman–Crippen LogP) is 4.53. The molecule has 0 amide bonds. The first-order valence-electron chi connectivity index (χ1n) is 9.66. The first-order chi connectivity index (χ1) is 13.0. The second kappa shape index (κ2) is 8.59. The fraction of sp³-hybridized carbons (Fsp3) is 0.391.